The van der Waals surface area contributed by atoms with Crippen LogP contribution < -0.4 is 5.56 Å². The van der Waals surface area contributed by atoms with Gasteiger partial charge < -0.3 is 0 Å². The zero-order valence-corrected chi connectivity index (χ0v) is 18.0. The molecule has 0 N–H and O–H groups in total. The molecule has 0 spiro atoms. The van der Waals surface area contributed by atoms with Crippen LogP contribution >= 0.6 is 0 Å². The molecule has 0 aliphatic heterocycles. The number of hydrogen-bond donors (Lipinski definition) is 0. The second-order valence-electron chi connectivity index (χ2n) is 8.74. The highest BCUT2D eigenvalue weighted by molar-refractivity contribution is 6.06. The van der Waals surface area contributed by atoms with Gasteiger partial charge >= 0.3 is 0 Å². The highest BCUT2D eigenvalue weighted by atomic mass is 16.1. The molecule has 1 aliphatic rings. The van der Waals surface area contributed by atoms with E-state index in [9.17, 15) is 4.79 Å². The summed E-state index contributed by atoms with van der Waals surface area (Å²) < 4.78 is 1.88. The zero-order valence-electron chi connectivity index (χ0n) is 18.0. The van der Waals surface area contributed by atoms with Gasteiger partial charge in [0.05, 0.1) is 22.9 Å². The molecule has 0 bridgehead atoms. The summed E-state index contributed by atoms with van der Waals surface area (Å²) >= 11 is 0. The van der Waals surface area contributed by atoms with Gasteiger partial charge in [0.25, 0.3) is 5.56 Å². The summed E-state index contributed by atoms with van der Waals surface area (Å²) in [6.45, 7) is 5.93. The molecule has 1 saturated carbocycles. The Kier molecular flexibility index (Phi) is 5.14. The summed E-state index contributed by atoms with van der Waals surface area (Å²) in [5, 5.41) is 2.89. The summed E-state index contributed by atoms with van der Waals surface area (Å²) in [6, 6.07) is 14.7. The number of aromatic nitrogens is 3. The standard InChI is InChI=1S/C27H27N3O/c1-18(2)25-13-12-19(16-28-25)14-20-15-24-26(23-11-7-6-10-22(20)23)29-17-30(27(24)31)21-8-4-3-5-9-21/h6-7,10-13,15-17,21H,1,3-5,8-9,14H2,2H3. The summed E-state index contributed by atoms with van der Waals surface area (Å²) in [5.41, 5.74) is 5.00. The van der Waals surface area contributed by atoms with Gasteiger partial charge in [-0.2, -0.15) is 0 Å². The molecule has 2 aromatic carbocycles. The van der Waals surface area contributed by atoms with Crippen molar-refractivity contribution in [3.05, 3.63) is 88.7 Å². The fraction of sp³-hybridized carbons (Fsp3) is 0.296. The Labute approximate surface area is 182 Å². The van der Waals surface area contributed by atoms with E-state index in [1.807, 2.05) is 35.9 Å². The summed E-state index contributed by atoms with van der Waals surface area (Å²) in [6.07, 6.45) is 10.2. The molecule has 0 unspecified atom stereocenters. The summed E-state index contributed by atoms with van der Waals surface area (Å²) in [5.74, 6) is 0. The van der Waals surface area contributed by atoms with E-state index in [2.05, 4.69) is 35.8 Å². The Morgan fingerprint density at radius 2 is 1.81 bits per heavy atom. The largest absolute Gasteiger partial charge is 0.296 e. The number of nitrogens with zero attached hydrogens (tertiary/aromatic N) is 3. The van der Waals surface area contributed by atoms with Gasteiger partial charge in [0.2, 0.25) is 0 Å². The quantitative estimate of drug-likeness (QED) is 0.384. The normalized spacial score (nSPS) is 14.9. The van der Waals surface area contributed by atoms with Crippen LogP contribution in [0.15, 0.2) is 66.4 Å². The first kappa shape index (κ1) is 19.7. The van der Waals surface area contributed by atoms with Crippen LogP contribution in [0.2, 0.25) is 0 Å². The molecule has 5 rings (SSSR count). The van der Waals surface area contributed by atoms with E-state index in [1.165, 1.54) is 19.3 Å². The smallest absolute Gasteiger partial charge is 0.261 e. The average molecular weight is 410 g/mol. The van der Waals surface area contributed by atoms with Gasteiger partial charge in [-0.05, 0) is 60.4 Å². The van der Waals surface area contributed by atoms with Crippen molar-refractivity contribution in [3.63, 3.8) is 0 Å². The van der Waals surface area contributed by atoms with E-state index in [0.717, 1.165) is 57.9 Å². The molecular weight excluding hydrogens is 382 g/mol. The first-order valence-corrected chi connectivity index (χ1v) is 11.1. The SMILES string of the molecule is C=C(C)c1ccc(Cc2cc3c(=O)n(C4CCCCC4)cnc3c3ccccc23)cn1. The lowest BCUT2D eigenvalue weighted by Crippen LogP contribution is -2.26. The van der Waals surface area contributed by atoms with Gasteiger partial charge in [-0.15, -0.1) is 0 Å². The van der Waals surface area contributed by atoms with Crippen LogP contribution in [0.25, 0.3) is 27.2 Å². The summed E-state index contributed by atoms with van der Waals surface area (Å²) in [7, 11) is 0. The maximum Gasteiger partial charge on any atom is 0.261 e. The molecule has 2 heterocycles. The molecule has 4 aromatic rings. The van der Waals surface area contributed by atoms with Gasteiger partial charge in [0, 0.05) is 17.6 Å². The summed E-state index contributed by atoms with van der Waals surface area (Å²) in [4.78, 5) is 22.8. The third kappa shape index (κ3) is 3.67. The van der Waals surface area contributed by atoms with Crippen molar-refractivity contribution < 1.29 is 0 Å². The van der Waals surface area contributed by atoms with E-state index < -0.39 is 0 Å². The Morgan fingerprint density at radius 3 is 2.52 bits per heavy atom. The maximum absolute atomic E-state index is 13.5. The zero-order chi connectivity index (χ0) is 21.4. The number of pyridine rings is 1. The molecule has 0 radical (unpaired) electrons. The molecule has 4 nitrogen and oxygen atoms in total. The van der Waals surface area contributed by atoms with Crippen LogP contribution in [-0.4, -0.2) is 14.5 Å². The number of rotatable bonds is 4. The molecule has 1 aliphatic carbocycles. The highest BCUT2D eigenvalue weighted by Crippen LogP contribution is 2.30. The van der Waals surface area contributed by atoms with E-state index >= 15 is 0 Å². The van der Waals surface area contributed by atoms with E-state index in [0.29, 0.717) is 5.39 Å². The topological polar surface area (TPSA) is 47.8 Å². The van der Waals surface area contributed by atoms with Gasteiger partial charge in [0.15, 0.2) is 0 Å². The number of benzene rings is 2. The Morgan fingerprint density at radius 1 is 1.03 bits per heavy atom. The van der Waals surface area contributed by atoms with Gasteiger partial charge in [-0.25, -0.2) is 4.98 Å². The van der Waals surface area contributed by atoms with Crippen LogP contribution in [0.4, 0.5) is 0 Å². The molecule has 4 heteroatoms. The maximum atomic E-state index is 13.5. The second kappa shape index (κ2) is 8.10. The molecular formula is C27H27N3O. The molecule has 31 heavy (non-hydrogen) atoms. The van der Waals surface area contributed by atoms with Crippen LogP contribution in [0.5, 0.6) is 0 Å². The molecule has 0 amide bonds. The Balaban J connectivity index is 1.65. The highest BCUT2D eigenvalue weighted by Gasteiger charge is 2.19. The minimum Gasteiger partial charge on any atom is -0.296 e. The van der Waals surface area contributed by atoms with Crippen molar-refractivity contribution in [3.8, 4) is 0 Å². The minimum atomic E-state index is 0.0830. The van der Waals surface area contributed by atoms with Crippen LogP contribution in [0.1, 0.15) is 61.9 Å². The minimum absolute atomic E-state index is 0.0830. The van der Waals surface area contributed by atoms with Crippen LogP contribution in [0.3, 0.4) is 0 Å². The lowest BCUT2D eigenvalue weighted by molar-refractivity contribution is 0.345. The lowest BCUT2D eigenvalue weighted by atomic mass is 9.94. The van der Waals surface area contributed by atoms with Gasteiger partial charge in [0.1, 0.15) is 0 Å². The van der Waals surface area contributed by atoms with Crippen molar-refractivity contribution >= 4 is 27.2 Å². The number of hydrogen-bond acceptors (Lipinski definition) is 3. The predicted octanol–water partition coefficient (Wildman–Crippen LogP) is 6.07. The molecule has 0 saturated heterocycles. The number of allylic oxidation sites excluding steroid dienone is 1. The lowest BCUT2D eigenvalue weighted by Gasteiger charge is -2.24. The van der Waals surface area contributed by atoms with Gasteiger partial charge in [-0.3, -0.25) is 14.3 Å². The second-order valence-corrected chi connectivity index (χ2v) is 8.74. The number of fused-ring (bicyclic) bond motifs is 3. The fourth-order valence-corrected chi connectivity index (χ4v) is 4.82. The molecule has 0 atom stereocenters. The van der Waals surface area contributed by atoms with Crippen molar-refractivity contribution in [2.24, 2.45) is 0 Å². The van der Waals surface area contributed by atoms with Crippen molar-refractivity contribution in [2.75, 3.05) is 0 Å². The van der Waals surface area contributed by atoms with E-state index in [-0.39, 0.29) is 11.6 Å². The Bertz CT molecular complexity index is 1330. The Hall–Kier alpha value is -3.27. The van der Waals surface area contributed by atoms with Crippen LogP contribution in [0, 0.1) is 0 Å². The first-order valence-electron chi connectivity index (χ1n) is 11.1. The molecule has 1 fully saturated rings. The van der Waals surface area contributed by atoms with Crippen LogP contribution in [-0.2, 0) is 6.42 Å². The monoisotopic (exact) mass is 409 g/mol. The predicted molar refractivity (Wildman–Crippen MR) is 127 cm³/mol. The van der Waals surface area contributed by atoms with Gasteiger partial charge in [-0.1, -0.05) is 56.2 Å². The van der Waals surface area contributed by atoms with E-state index in [1.54, 1.807) is 6.33 Å². The molecule has 2 aromatic heterocycles. The average Bonchev–Trinajstić information content (AvgIpc) is 2.81. The van der Waals surface area contributed by atoms with Crippen molar-refractivity contribution in [1.82, 2.24) is 14.5 Å². The third-order valence-electron chi connectivity index (χ3n) is 6.50. The first-order chi connectivity index (χ1) is 15.1. The van der Waals surface area contributed by atoms with Crippen molar-refractivity contribution in [1.29, 1.82) is 0 Å². The third-order valence-corrected chi connectivity index (χ3v) is 6.50. The molecule has 156 valence electrons. The fourth-order valence-electron chi connectivity index (χ4n) is 4.82. The van der Waals surface area contributed by atoms with E-state index in [4.69, 9.17) is 4.98 Å². The van der Waals surface area contributed by atoms with Crippen molar-refractivity contribution in [2.45, 2.75) is 51.5 Å².